The second kappa shape index (κ2) is 7.08. The third-order valence-corrected chi connectivity index (χ3v) is 3.34. The summed E-state index contributed by atoms with van der Waals surface area (Å²) < 4.78 is 15.1. The Bertz CT molecular complexity index is 474. The van der Waals surface area contributed by atoms with Crippen LogP contribution in [-0.4, -0.2) is 56.8 Å². The molecule has 2 rings (SSSR count). The number of rotatable bonds is 6. The Balaban J connectivity index is 1.96. The molecule has 6 heteroatoms. The average molecular weight is 293 g/mol. The maximum atomic E-state index is 11.4. The van der Waals surface area contributed by atoms with E-state index in [2.05, 4.69) is 9.47 Å². The summed E-state index contributed by atoms with van der Waals surface area (Å²) >= 11 is 0. The highest BCUT2D eigenvalue weighted by Gasteiger charge is 2.26. The topological polar surface area (TPSA) is 65.1 Å². The molecule has 0 aromatic heterocycles. The maximum absolute atomic E-state index is 11.4. The Labute approximate surface area is 123 Å². The van der Waals surface area contributed by atoms with E-state index < -0.39 is 11.9 Å². The molecule has 0 spiro atoms. The lowest BCUT2D eigenvalue weighted by molar-refractivity contribution is -0.145. The molecule has 114 valence electrons. The van der Waals surface area contributed by atoms with E-state index in [0.29, 0.717) is 6.54 Å². The van der Waals surface area contributed by atoms with Gasteiger partial charge in [0.15, 0.2) is 0 Å². The van der Waals surface area contributed by atoms with Gasteiger partial charge < -0.3 is 14.2 Å². The molecule has 1 unspecified atom stereocenters. The minimum Gasteiger partial charge on any atom is -0.488 e. The van der Waals surface area contributed by atoms with Crippen molar-refractivity contribution in [2.45, 2.75) is 12.5 Å². The minimum atomic E-state index is -0.394. The van der Waals surface area contributed by atoms with Gasteiger partial charge in [-0.3, -0.25) is 14.5 Å². The first-order valence-corrected chi connectivity index (χ1v) is 6.73. The van der Waals surface area contributed by atoms with Gasteiger partial charge in [0, 0.05) is 13.0 Å². The normalized spacial score (nSPS) is 16.2. The molecule has 0 bridgehead atoms. The molecule has 0 amide bonds. The van der Waals surface area contributed by atoms with Crippen molar-refractivity contribution in [1.82, 2.24) is 4.90 Å². The number of benzene rings is 1. The summed E-state index contributed by atoms with van der Waals surface area (Å²) in [6.45, 7) is 0.516. The number of ether oxygens (including phenoxy) is 3. The van der Waals surface area contributed by atoms with Crippen LogP contribution in [0.25, 0.3) is 0 Å². The van der Waals surface area contributed by atoms with Crippen molar-refractivity contribution < 1.29 is 23.8 Å². The van der Waals surface area contributed by atoms with E-state index in [4.69, 9.17) is 4.74 Å². The summed E-state index contributed by atoms with van der Waals surface area (Å²) in [7, 11) is 2.64. The number of hydrogen-bond acceptors (Lipinski definition) is 6. The Morgan fingerprint density at radius 2 is 1.81 bits per heavy atom. The van der Waals surface area contributed by atoms with Gasteiger partial charge in [-0.05, 0) is 11.6 Å². The molecule has 21 heavy (non-hydrogen) atoms. The van der Waals surface area contributed by atoms with Gasteiger partial charge in [0.25, 0.3) is 0 Å². The van der Waals surface area contributed by atoms with Crippen LogP contribution in [0, 0.1) is 0 Å². The lowest BCUT2D eigenvalue weighted by Gasteiger charge is -2.22. The first-order chi connectivity index (χ1) is 10.1. The zero-order valence-electron chi connectivity index (χ0n) is 12.2. The molecule has 0 aliphatic carbocycles. The van der Waals surface area contributed by atoms with E-state index in [1.165, 1.54) is 14.2 Å². The molecular formula is C15H19NO5. The maximum Gasteiger partial charge on any atom is 0.319 e. The van der Waals surface area contributed by atoms with E-state index in [9.17, 15) is 9.59 Å². The van der Waals surface area contributed by atoms with E-state index in [0.717, 1.165) is 17.7 Å². The lowest BCUT2D eigenvalue weighted by Crippen LogP contribution is -2.41. The number of esters is 2. The van der Waals surface area contributed by atoms with Crippen LogP contribution in [0.3, 0.4) is 0 Å². The van der Waals surface area contributed by atoms with Crippen LogP contribution in [0.5, 0.6) is 5.75 Å². The van der Waals surface area contributed by atoms with Crippen molar-refractivity contribution in [3.63, 3.8) is 0 Å². The standard InChI is InChI=1S/C15H19NO5/c1-19-14(17)9-16(10-15(18)20-2)8-12-7-11-5-3-4-6-13(11)21-12/h3-6,12H,7-10H2,1-2H3. The molecule has 0 fully saturated rings. The fraction of sp³-hybridized carbons (Fsp3) is 0.467. The Kier molecular flexibility index (Phi) is 5.16. The molecule has 6 nitrogen and oxygen atoms in total. The van der Waals surface area contributed by atoms with Crippen LogP contribution in [0.2, 0.25) is 0 Å². The number of carbonyl (C=O) groups excluding carboxylic acids is 2. The first-order valence-electron chi connectivity index (χ1n) is 6.73. The molecule has 0 N–H and O–H groups in total. The third kappa shape index (κ3) is 4.19. The molecule has 1 aliphatic rings. The molecular weight excluding hydrogens is 274 g/mol. The number of methoxy groups -OCH3 is 2. The number of para-hydroxylation sites is 1. The van der Waals surface area contributed by atoms with Crippen molar-refractivity contribution in [2.24, 2.45) is 0 Å². The Morgan fingerprint density at radius 1 is 1.19 bits per heavy atom. The van der Waals surface area contributed by atoms with Crippen molar-refractivity contribution in [3.8, 4) is 5.75 Å². The summed E-state index contributed by atoms with van der Waals surface area (Å²) in [5, 5.41) is 0. The van der Waals surface area contributed by atoms with Crippen LogP contribution in [0.1, 0.15) is 5.56 Å². The highest BCUT2D eigenvalue weighted by atomic mass is 16.5. The molecule has 1 aromatic carbocycles. The fourth-order valence-electron chi connectivity index (χ4n) is 2.32. The quantitative estimate of drug-likeness (QED) is 0.717. The molecule has 1 aliphatic heterocycles. The van der Waals surface area contributed by atoms with Crippen molar-refractivity contribution in [3.05, 3.63) is 29.8 Å². The number of fused-ring (bicyclic) bond motifs is 1. The Morgan fingerprint density at radius 3 is 2.38 bits per heavy atom. The molecule has 0 saturated heterocycles. The predicted octanol–water partition coefficient (Wildman–Crippen LogP) is 0.638. The van der Waals surface area contributed by atoms with Gasteiger partial charge in [-0.25, -0.2) is 0 Å². The van der Waals surface area contributed by atoms with Crippen LogP contribution in [-0.2, 0) is 25.5 Å². The highest BCUT2D eigenvalue weighted by molar-refractivity contribution is 5.74. The van der Waals surface area contributed by atoms with Gasteiger partial charge in [0.1, 0.15) is 11.9 Å². The minimum absolute atomic E-state index is 0.0296. The summed E-state index contributed by atoms with van der Waals surface area (Å²) in [4.78, 5) is 24.5. The smallest absolute Gasteiger partial charge is 0.319 e. The summed E-state index contributed by atoms with van der Waals surface area (Å²) in [6, 6.07) is 7.81. The molecule has 1 atom stereocenters. The van der Waals surface area contributed by atoms with Crippen LogP contribution < -0.4 is 4.74 Å². The van der Waals surface area contributed by atoms with Crippen LogP contribution in [0.15, 0.2) is 24.3 Å². The molecule has 1 heterocycles. The first kappa shape index (κ1) is 15.3. The molecule has 0 radical (unpaired) electrons. The molecule has 0 saturated carbocycles. The van der Waals surface area contributed by atoms with Crippen molar-refractivity contribution >= 4 is 11.9 Å². The van der Waals surface area contributed by atoms with Crippen molar-refractivity contribution in [1.29, 1.82) is 0 Å². The number of carbonyl (C=O) groups is 2. The summed E-state index contributed by atoms with van der Waals surface area (Å²) in [5.74, 6) is 0.0717. The predicted molar refractivity (Wildman–Crippen MR) is 75.0 cm³/mol. The van der Waals surface area contributed by atoms with E-state index in [-0.39, 0.29) is 19.2 Å². The summed E-state index contributed by atoms with van der Waals surface area (Å²) in [5.41, 5.74) is 1.14. The van der Waals surface area contributed by atoms with Crippen molar-refractivity contribution in [2.75, 3.05) is 33.9 Å². The van der Waals surface area contributed by atoms with Gasteiger partial charge in [-0.1, -0.05) is 18.2 Å². The molecule has 1 aromatic rings. The number of nitrogens with zero attached hydrogens (tertiary/aromatic N) is 1. The van der Waals surface area contributed by atoms with Crippen LogP contribution >= 0.6 is 0 Å². The highest BCUT2D eigenvalue weighted by Crippen LogP contribution is 2.28. The largest absolute Gasteiger partial charge is 0.488 e. The number of hydrogen-bond donors (Lipinski definition) is 0. The second-order valence-electron chi connectivity index (χ2n) is 4.87. The Hall–Kier alpha value is -2.08. The van der Waals surface area contributed by atoms with E-state index >= 15 is 0 Å². The van der Waals surface area contributed by atoms with Gasteiger partial charge >= 0.3 is 11.9 Å². The lowest BCUT2D eigenvalue weighted by atomic mass is 10.1. The monoisotopic (exact) mass is 293 g/mol. The SMILES string of the molecule is COC(=O)CN(CC(=O)OC)CC1Cc2ccccc2O1. The zero-order chi connectivity index (χ0) is 15.2. The van der Waals surface area contributed by atoms with Gasteiger partial charge in [0.2, 0.25) is 0 Å². The second-order valence-corrected chi connectivity index (χ2v) is 4.87. The zero-order valence-corrected chi connectivity index (χ0v) is 12.2. The third-order valence-electron chi connectivity index (χ3n) is 3.34. The fourth-order valence-corrected chi connectivity index (χ4v) is 2.32. The summed E-state index contributed by atoms with van der Waals surface area (Å²) in [6.07, 6.45) is 0.673. The average Bonchev–Trinajstić information content (AvgIpc) is 2.88. The van der Waals surface area contributed by atoms with Gasteiger partial charge in [0.05, 0.1) is 27.3 Å². The van der Waals surface area contributed by atoms with E-state index in [1.54, 1.807) is 4.90 Å². The van der Waals surface area contributed by atoms with Crippen LogP contribution in [0.4, 0.5) is 0 Å². The van der Waals surface area contributed by atoms with E-state index in [1.807, 2.05) is 24.3 Å². The van der Waals surface area contributed by atoms with Gasteiger partial charge in [-0.2, -0.15) is 0 Å². The van der Waals surface area contributed by atoms with Gasteiger partial charge in [-0.15, -0.1) is 0 Å².